The van der Waals surface area contributed by atoms with E-state index in [1.54, 1.807) is 49.3 Å². The molecule has 0 spiro atoms. The van der Waals surface area contributed by atoms with Crippen LogP contribution >= 0.6 is 0 Å². The van der Waals surface area contributed by atoms with E-state index in [1.807, 2.05) is 36.5 Å². The Hall–Kier alpha value is -3.93. The van der Waals surface area contributed by atoms with Crippen molar-refractivity contribution in [2.75, 3.05) is 0 Å². The molecule has 172 valence electrons. The Morgan fingerprint density at radius 2 is 1.41 bits per heavy atom. The molecule has 5 rings (SSSR count). The van der Waals surface area contributed by atoms with E-state index in [0.717, 1.165) is 23.1 Å². The van der Waals surface area contributed by atoms with Gasteiger partial charge in [-0.3, -0.25) is 22.8 Å². The van der Waals surface area contributed by atoms with Crippen LogP contribution in [0.2, 0.25) is 0 Å². The second-order valence-electron chi connectivity index (χ2n) is 6.66. The summed E-state index contributed by atoms with van der Waals surface area (Å²) in [7, 11) is 0. The van der Waals surface area contributed by atoms with E-state index in [0.29, 0.717) is 0 Å². The standard InChI is InChI=1S/C14H11F2N4.C9H7N2.CN.Ir/c1-9-3-5-19(17-9)13-8-14(12(16)7-11(13)15)20-6-4-10(2)18-20;1-2-5-9(6-3-1)11-8-4-7-10-11;1-2;/h3-7H,1-2H3;1-5,7-8H;;/q3*-1;+3. The molecule has 3 aromatic heterocycles. The zero-order valence-corrected chi connectivity index (χ0v) is 20.5. The maximum absolute atomic E-state index is 13.9. The molecule has 0 unspecified atom stereocenters. The molecule has 2 aromatic carbocycles. The van der Waals surface area contributed by atoms with Crippen molar-refractivity contribution in [3.8, 4) is 17.1 Å². The molecule has 0 fully saturated rings. The zero-order chi connectivity index (χ0) is 23.8. The Labute approximate surface area is 209 Å². The molecule has 0 aliphatic rings. The molecule has 0 atom stereocenters. The van der Waals surface area contributed by atoms with Crippen LogP contribution in [0.1, 0.15) is 11.4 Å². The fraction of sp³-hybridized carbons (Fsp3) is 0.0833. The molecule has 5 aromatic rings. The van der Waals surface area contributed by atoms with Crippen LogP contribution in [0.3, 0.4) is 0 Å². The maximum atomic E-state index is 13.9. The molecule has 0 aliphatic heterocycles. The fourth-order valence-electron chi connectivity index (χ4n) is 2.83. The summed E-state index contributed by atoms with van der Waals surface area (Å²) in [4.78, 5) is 0. The predicted octanol–water partition coefficient (Wildman–Crippen LogP) is 4.52. The van der Waals surface area contributed by atoms with Gasteiger partial charge in [-0.1, -0.05) is 6.07 Å². The first-order valence-electron chi connectivity index (χ1n) is 9.67. The summed E-state index contributed by atoms with van der Waals surface area (Å²) in [6.07, 6.45) is 6.84. The van der Waals surface area contributed by atoms with Crippen molar-refractivity contribution in [1.82, 2.24) is 29.3 Å². The van der Waals surface area contributed by atoms with Gasteiger partial charge in [-0.05, 0) is 49.1 Å². The second-order valence-corrected chi connectivity index (χ2v) is 6.66. The Kier molecular flexibility index (Phi) is 9.56. The summed E-state index contributed by atoms with van der Waals surface area (Å²) in [6, 6.07) is 19.7. The average molecular weight is 635 g/mol. The summed E-state index contributed by atoms with van der Waals surface area (Å²) < 4.78 is 32.2. The minimum Gasteiger partial charge on any atom is -0.512 e. The normalized spacial score (nSPS) is 9.71. The number of halogens is 2. The van der Waals surface area contributed by atoms with E-state index in [9.17, 15) is 8.78 Å². The van der Waals surface area contributed by atoms with Crippen molar-refractivity contribution in [3.63, 3.8) is 0 Å². The monoisotopic (exact) mass is 635 g/mol. The SMILES string of the molecule is Cc1ccn(-c2[c-]c(-n3ccc(C)n3)c(F)cc2F)n1.[C-]#N.[Ir+3].[c-]1ccccc1-n1cccn1. The predicted molar refractivity (Wildman–Crippen MR) is 116 cm³/mol. The number of nitrogens with zero attached hydrogens (tertiary/aromatic N) is 7. The van der Waals surface area contributed by atoms with Gasteiger partial charge in [-0.15, -0.1) is 12.1 Å². The molecule has 3 heterocycles. The fourth-order valence-corrected chi connectivity index (χ4v) is 2.83. The van der Waals surface area contributed by atoms with Gasteiger partial charge in [0.15, 0.2) is 0 Å². The second kappa shape index (κ2) is 12.3. The number of aryl methyl sites for hydroxylation is 2. The number of benzene rings is 2. The topological polar surface area (TPSA) is 77.2 Å². The number of hydrogen-bond acceptors (Lipinski definition) is 4. The minimum absolute atomic E-state index is 0. The molecule has 0 amide bonds. The third kappa shape index (κ3) is 6.32. The van der Waals surface area contributed by atoms with Crippen molar-refractivity contribution in [1.29, 1.82) is 5.26 Å². The van der Waals surface area contributed by atoms with Gasteiger partial charge in [0, 0.05) is 36.4 Å². The molecule has 0 N–H and O–H groups in total. The van der Waals surface area contributed by atoms with Crippen LogP contribution in [-0.4, -0.2) is 29.3 Å². The molecule has 34 heavy (non-hydrogen) atoms. The van der Waals surface area contributed by atoms with Crippen LogP contribution in [0.5, 0.6) is 0 Å². The van der Waals surface area contributed by atoms with Crippen molar-refractivity contribution in [2.45, 2.75) is 13.8 Å². The van der Waals surface area contributed by atoms with E-state index >= 15 is 0 Å². The van der Waals surface area contributed by atoms with E-state index in [4.69, 9.17) is 11.8 Å². The van der Waals surface area contributed by atoms with E-state index in [-0.39, 0.29) is 31.5 Å². The van der Waals surface area contributed by atoms with E-state index in [2.05, 4.69) is 27.4 Å². The van der Waals surface area contributed by atoms with Gasteiger partial charge in [-0.25, -0.2) is 0 Å². The van der Waals surface area contributed by atoms with Gasteiger partial charge in [-0.2, -0.15) is 39.6 Å². The Morgan fingerprint density at radius 3 is 1.82 bits per heavy atom. The van der Waals surface area contributed by atoms with Crippen LogP contribution in [0.4, 0.5) is 8.78 Å². The smallest absolute Gasteiger partial charge is 0.512 e. The van der Waals surface area contributed by atoms with Crippen LogP contribution in [-0.2, 0) is 20.1 Å². The largest absolute Gasteiger partial charge is 3.00 e. The molecular formula is C24H18F2IrN7. The van der Waals surface area contributed by atoms with Crippen molar-refractivity contribution < 1.29 is 28.9 Å². The van der Waals surface area contributed by atoms with E-state index < -0.39 is 11.6 Å². The third-order valence-corrected chi connectivity index (χ3v) is 4.29. The molecule has 10 heteroatoms. The molecule has 0 saturated heterocycles. The first kappa shape index (κ1) is 26.3. The van der Waals surface area contributed by atoms with Crippen LogP contribution in [0.25, 0.3) is 17.1 Å². The number of para-hydroxylation sites is 1. The van der Waals surface area contributed by atoms with Crippen molar-refractivity contribution in [3.05, 3.63) is 115 Å². The van der Waals surface area contributed by atoms with Crippen molar-refractivity contribution in [2.24, 2.45) is 0 Å². The Morgan fingerprint density at radius 1 is 0.824 bits per heavy atom. The molecule has 0 bridgehead atoms. The first-order chi connectivity index (χ1) is 16.0. The van der Waals surface area contributed by atoms with Gasteiger partial charge >= 0.3 is 20.1 Å². The van der Waals surface area contributed by atoms with Gasteiger partial charge in [0.1, 0.15) is 0 Å². The van der Waals surface area contributed by atoms with Gasteiger partial charge < -0.3 is 11.8 Å². The van der Waals surface area contributed by atoms with Crippen LogP contribution in [0.15, 0.2) is 73.3 Å². The number of rotatable bonds is 3. The summed E-state index contributed by atoms with van der Waals surface area (Å²) in [5.74, 6) is -1.45. The Balaban J connectivity index is 0.000000248. The van der Waals surface area contributed by atoms with Gasteiger partial charge in [0.2, 0.25) is 0 Å². The average Bonchev–Trinajstić information content (AvgIpc) is 3.59. The third-order valence-electron chi connectivity index (χ3n) is 4.29. The maximum Gasteiger partial charge on any atom is 3.00 e. The zero-order valence-electron chi connectivity index (χ0n) is 18.1. The quantitative estimate of drug-likeness (QED) is 0.274. The van der Waals surface area contributed by atoms with Crippen LogP contribution in [0, 0.1) is 49.4 Å². The molecule has 0 aliphatic carbocycles. The number of hydrogen-bond donors (Lipinski definition) is 0. The van der Waals surface area contributed by atoms with Crippen LogP contribution < -0.4 is 0 Å². The summed E-state index contributed by atoms with van der Waals surface area (Å²) in [5.41, 5.74) is 2.56. The summed E-state index contributed by atoms with van der Waals surface area (Å²) in [6.45, 7) is 8.32. The van der Waals surface area contributed by atoms with Crippen molar-refractivity contribution >= 4 is 0 Å². The molecule has 0 saturated carbocycles. The van der Waals surface area contributed by atoms with E-state index in [1.165, 1.54) is 9.36 Å². The summed E-state index contributed by atoms with van der Waals surface area (Å²) in [5, 5.41) is 18.5. The molecule has 0 radical (unpaired) electrons. The first-order valence-corrected chi connectivity index (χ1v) is 9.67. The molecular weight excluding hydrogens is 617 g/mol. The van der Waals surface area contributed by atoms with Gasteiger partial charge in [0.25, 0.3) is 0 Å². The minimum atomic E-state index is -0.724. The number of aromatic nitrogens is 6. The van der Waals surface area contributed by atoms with Gasteiger partial charge in [0.05, 0.1) is 11.4 Å². The summed E-state index contributed by atoms with van der Waals surface area (Å²) >= 11 is 0. The molecule has 7 nitrogen and oxygen atoms in total. The Bertz CT molecular complexity index is 1260.